The van der Waals surface area contributed by atoms with Gasteiger partial charge in [0.05, 0.1) is 44.6 Å². The summed E-state index contributed by atoms with van der Waals surface area (Å²) in [5.74, 6) is -5.02. The van der Waals surface area contributed by atoms with Crippen molar-refractivity contribution in [3.63, 3.8) is 0 Å². The molecule has 0 unspecified atom stereocenters. The van der Waals surface area contributed by atoms with Crippen LogP contribution in [0.4, 0.5) is 0 Å². The van der Waals surface area contributed by atoms with E-state index in [1.807, 2.05) is 182 Å². The molecule has 0 aromatic heterocycles. The molecular weight excluding hydrogens is 977 g/mol. The lowest BCUT2D eigenvalue weighted by Gasteiger charge is -2.37. The van der Waals surface area contributed by atoms with E-state index >= 15 is 0 Å². The number of nitrogens with two attached hydrogens (primary N) is 1. The van der Waals surface area contributed by atoms with Gasteiger partial charge in [-0.3, -0.25) is 38.4 Å². The van der Waals surface area contributed by atoms with E-state index in [0.717, 1.165) is 33.4 Å². The van der Waals surface area contributed by atoms with Crippen LogP contribution in [0.2, 0.25) is 0 Å². The first-order valence-corrected chi connectivity index (χ1v) is 25.4. The van der Waals surface area contributed by atoms with Crippen molar-refractivity contribution in [3.8, 4) is 0 Å². The molecule has 4 atom stereocenters. The van der Waals surface area contributed by atoms with Gasteiger partial charge in [-0.25, -0.2) is 0 Å². The van der Waals surface area contributed by atoms with Gasteiger partial charge in [-0.2, -0.15) is 0 Å². The molecule has 6 N–H and O–H groups in total. The molecule has 6 rings (SSSR count). The molecule has 0 aliphatic rings. The summed E-state index contributed by atoms with van der Waals surface area (Å²) < 4.78 is 9.41. The fourth-order valence-electron chi connectivity index (χ4n) is 8.59. The van der Waals surface area contributed by atoms with Crippen LogP contribution < -0.4 is 21.7 Å². The Morgan fingerprint density at radius 3 is 0.974 bits per heavy atom. The van der Waals surface area contributed by atoms with Crippen molar-refractivity contribution in [3.05, 3.63) is 215 Å². The summed E-state index contributed by atoms with van der Waals surface area (Å²) in [6, 6.07) is 55.8. The topological polar surface area (TPSA) is 237 Å². The third-order valence-electron chi connectivity index (χ3n) is 12.7. The smallest absolute Gasteiger partial charge is 0.308 e. The number of rotatable bonds is 23. The molecular formula is C62H70N4O11. The van der Waals surface area contributed by atoms with Crippen molar-refractivity contribution in [1.82, 2.24) is 16.0 Å². The van der Waals surface area contributed by atoms with Crippen molar-refractivity contribution in [2.24, 2.45) is 17.6 Å². The fraction of sp³-hybridized carbons (Fsp3) is 0.290. The number of methoxy groups -OCH3 is 2. The van der Waals surface area contributed by atoms with Crippen molar-refractivity contribution in [2.45, 2.75) is 89.4 Å². The first kappa shape index (κ1) is 61.0. The van der Waals surface area contributed by atoms with E-state index in [2.05, 4.69) is 20.7 Å². The molecule has 0 radical (unpaired) electrons. The van der Waals surface area contributed by atoms with Crippen molar-refractivity contribution >= 4 is 47.2 Å². The molecule has 0 bridgehead atoms. The van der Waals surface area contributed by atoms with Crippen LogP contribution in [0, 0.1) is 11.8 Å². The Morgan fingerprint density at radius 2 is 0.714 bits per heavy atom. The number of benzene rings is 6. The number of carboxylic acids is 1. The number of nitrogens with one attached hydrogen (secondary N) is 3. The van der Waals surface area contributed by atoms with Crippen LogP contribution in [0.1, 0.15) is 99.6 Å². The van der Waals surface area contributed by atoms with Crippen LogP contribution in [0.15, 0.2) is 182 Å². The molecule has 15 nitrogen and oxygen atoms in total. The van der Waals surface area contributed by atoms with Crippen LogP contribution in [0.5, 0.6) is 0 Å². The van der Waals surface area contributed by atoms with Gasteiger partial charge in [-0.1, -0.05) is 210 Å². The average molecular weight is 1050 g/mol. The summed E-state index contributed by atoms with van der Waals surface area (Å²) in [6.45, 7) is 6.44. The van der Waals surface area contributed by atoms with E-state index in [0.29, 0.717) is 0 Å². The molecule has 6 aromatic carbocycles. The number of carbonyl (C=O) groups excluding carboxylic acids is 7. The summed E-state index contributed by atoms with van der Waals surface area (Å²) in [7, 11) is 2.52. The van der Waals surface area contributed by atoms with Crippen LogP contribution in [0.3, 0.4) is 0 Å². The van der Waals surface area contributed by atoms with Crippen LogP contribution in [0.25, 0.3) is 0 Å². The number of carbonyl (C=O) groups is 8. The van der Waals surface area contributed by atoms with Gasteiger partial charge in [-0.15, -0.1) is 0 Å². The van der Waals surface area contributed by atoms with Crippen LogP contribution >= 0.6 is 0 Å². The van der Waals surface area contributed by atoms with E-state index in [9.17, 15) is 38.4 Å². The van der Waals surface area contributed by atoms with E-state index in [-0.39, 0.29) is 56.1 Å². The van der Waals surface area contributed by atoms with E-state index in [1.165, 1.54) is 14.2 Å². The lowest BCUT2D eigenvalue weighted by atomic mass is 9.76. The predicted octanol–water partition coefficient (Wildman–Crippen LogP) is 8.21. The van der Waals surface area contributed by atoms with E-state index in [4.69, 9.17) is 15.6 Å². The monoisotopic (exact) mass is 1050 g/mol. The van der Waals surface area contributed by atoms with E-state index < -0.39 is 64.6 Å². The van der Waals surface area contributed by atoms with Crippen molar-refractivity contribution < 1.29 is 52.9 Å². The fourth-order valence-corrected chi connectivity index (χ4v) is 8.59. The van der Waals surface area contributed by atoms with Gasteiger partial charge in [0.15, 0.2) is 11.6 Å². The van der Waals surface area contributed by atoms with Gasteiger partial charge in [0.2, 0.25) is 17.7 Å². The first-order valence-electron chi connectivity index (χ1n) is 25.4. The Morgan fingerprint density at radius 1 is 0.442 bits per heavy atom. The number of ketones is 2. The number of Topliss-reactive ketones (excluding diaryl/α,β-unsaturated/α-hetero) is 2. The maximum Gasteiger partial charge on any atom is 0.308 e. The quantitative estimate of drug-likeness (QED) is 0.0302. The highest BCUT2D eigenvalue weighted by atomic mass is 16.5. The Bertz CT molecular complexity index is 2640. The minimum absolute atomic E-state index is 0.0810. The number of amides is 3. The highest BCUT2D eigenvalue weighted by Gasteiger charge is 2.40. The van der Waals surface area contributed by atoms with Crippen LogP contribution in [-0.4, -0.2) is 78.6 Å². The summed E-state index contributed by atoms with van der Waals surface area (Å²) >= 11 is 0. The molecule has 3 amide bonds. The summed E-state index contributed by atoms with van der Waals surface area (Å²) in [5.41, 5.74) is 9.18. The second-order valence-corrected chi connectivity index (χ2v) is 18.2. The predicted molar refractivity (Wildman–Crippen MR) is 294 cm³/mol. The SMILES string of the molecule is CCC(=O)N[C@H](CC(=O)NC(c1ccccc1)(c1ccccc1)c1ccccc1)C(=O)C[C@@H](C)C(=O)OC.CCC(=O)O.COC(=O)[C@H](C)CC(=O)[C@H](N)CC(=O)NC(c1ccccc1)(c1ccccc1)c1ccccc1. The molecule has 6 aromatic rings. The van der Waals surface area contributed by atoms with Gasteiger partial charge in [0.1, 0.15) is 11.1 Å². The zero-order valence-corrected chi connectivity index (χ0v) is 44.5. The lowest BCUT2D eigenvalue weighted by Crippen LogP contribution is -2.51. The minimum atomic E-state index is -1.09. The van der Waals surface area contributed by atoms with Gasteiger partial charge < -0.3 is 36.3 Å². The molecule has 0 aliphatic heterocycles. The van der Waals surface area contributed by atoms with Gasteiger partial charge in [-0.05, 0) is 33.4 Å². The highest BCUT2D eigenvalue weighted by Crippen LogP contribution is 2.38. The molecule has 0 saturated carbocycles. The molecule has 0 heterocycles. The molecule has 404 valence electrons. The standard InChI is InChI=1S/C31H34N2O5.C28H30N2O4.C3H6O2/c1-4-28(35)32-26(27(34)20-22(2)30(37)38-3)21-29(36)33-31(23-14-8-5-9-15-23,24-16-10-6-11-17-24)25-18-12-7-13-19-25;1-20(27(33)34-2)18-25(31)24(29)19-26(32)30-28(21-12-6-3-7-13-21,22-14-8-4-9-15-22)23-16-10-5-11-17-23;1-2-3(4)5/h5-19,22,26H,4,20-21H2,1-3H3,(H,32,35)(H,33,36);3-17,20,24H,18-19,29H2,1-2H3,(H,30,32);2H2,1H3,(H,4,5)/t22-,26-;20-,24-;/m11./s1. The first-order chi connectivity index (χ1) is 37.0. The number of esters is 2. The Kier molecular flexibility index (Phi) is 24.3. The summed E-state index contributed by atoms with van der Waals surface area (Å²) in [5, 5.41) is 16.8. The third kappa shape index (κ3) is 17.2. The molecule has 0 fully saturated rings. The molecule has 15 heteroatoms. The number of hydrogen-bond donors (Lipinski definition) is 5. The third-order valence-corrected chi connectivity index (χ3v) is 12.7. The number of aliphatic carboxylic acids is 1. The number of ether oxygens (including phenoxy) is 2. The number of hydrogen-bond acceptors (Lipinski definition) is 11. The molecule has 0 aliphatic carbocycles. The largest absolute Gasteiger partial charge is 0.481 e. The Hall–Kier alpha value is -8.56. The summed E-state index contributed by atoms with van der Waals surface area (Å²) in [4.78, 5) is 97.9. The maximum atomic E-state index is 13.7. The zero-order valence-electron chi connectivity index (χ0n) is 44.5. The molecule has 0 saturated heterocycles. The highest BCUT2D eigenvalue weighted by molar-refractivity contribution is 5.95. The summed E-state index contributed by atoms with van der Waals surface area (Å²) in [6.07, 6.45) is -0.355. The Labute approximate surface area is 451 Å². The maximum absolute atomic E-state index is 13.7. The minimum Gasteiger partial charge on any atom is -0.481 e. The Balaban J connectivity index is 0.000000307. The second kappa shape index (κ2) is 30.7. The lowest BCUT2D eigenvalue weighted by molar-refractivity contribution is -0.147. The molecule has 0 spiro atoms. The van der Waals surface area contributed by atoms with E-state index in [1.54, 1.807) is 27.7 Å². The van der Waals surface area contributed by atoms with Crippen molar-refractivity contribution in [1.29, 1.82) is 0 Å². The molecule has 77 heavy (non-hydrogen) atoms. The van der Waals surface area contributed by atoms with Gasteiger partial charge in [0.25, 0.3) is 0 Å². The second-order valence-electron chi connectivity index (χ2n) is 18.2. The van der Waals surface area contributed by atoms with Crippen molar-refractivity contribution in [2.75, 3.05) is 14.2 Å². The zero-order chi connectivity index (χ0) is 56.4. The van der Waals surface area contributed by atoms with Crippen LogP contribution in [-0.2, 0) is 58.9 Å². The normalized spacial score (nSPS) is 12.4. The number of carboxylic acid groups (broad SMARTS) is 1. The van der Waals surface area contributed by atoms with Gasteiger partial charge >= 0.3 is 17.9 Å². The average Bonchev–Trinajstić information content (AvgIpc) is 3.47. The van der Waals surface area contributed by atoms with Gasteiger partial charge in [0, 0.05) is 32.1 Å².